The Labute approximate surface area is 153 Å². The van der Waals surface area contributed by atoms with E-state index in [0.29, 0.717) is 49.3 Å². The molecule has 136 valence electrons. The Hall–Kier alpha value is -1.86. The molecule has 2 aliphatic heterocycles. The molecule has 0 aliphatic carbocycles. The molecule has 25 heavy (non-hydrogen) atoms. The molecule has 1 fully saturated rings. The summed E-state index contributed by atoms with van der Waals surface area (Å²) in [6.07, 6.45) is 1.42. The molecule has 0 radical (unpaired) electrons. The molecule has 0 saturated carbocycles. The molecule has 2 heterocycles. The van der Waals surface area contributed by atoms with Gasteiger partial charge >= 0.3 is 0 Å². The second-order valence-corrected chi connectivity index (χ2v) is 6.51. The van der Waals surface area contributed by atoms with Crippen molar-refractivity contribution in [3.05, 3.63) is 23.3 Å². The first-order valence-corrected chi connectivity index (χ1v) is 8.95. The molecular weight excluding hydrogens is 340 g/mol. The van der Waals surface area contributed by atoms with Gasteiger partial charge in [0.25, 0.3) is 5.91 Å². The zero-order valence-corrected chi connectivity index (χ0v) is 15.7. The number of nitrogens with zero attached hydrogens (tertiary/aromatic N) is 2. The van der Waals surface area contributed by atoms with Gasteiger partial charge in [0.05, 0.1) is 14.2 Å². The molecule has 1 aromatic rings. The van der Waals surface area contributed by atoms with Crippen molar-refractivity contribution >= 4 is 23.2 Å². The lowest BCUT2D eigenvalue weighted by Crippen LogP contribution is -2.40. The smallest absolute Gasteiger partial charge is 0.251 e. The normalized spacial score (nSPS) is 19.1. The molecule has 0 aromatic heterocycles. The second-order valence-electron chi connectivity index (χ2n) is 6.15. The van der Waals surface area contributed by atoms with Crippen LogP contribution in [-0.2, 0) is 22.5 Å². The van der Waals surface area contributed by atoms with E-state index in [1.54, 1.807) is 19.1 Å². The minimum absolute atomic E-state index is 0.0851. The summed E-state index contributed by atoms with van der Waals surface area (Å²) in [5.74, 6) is 1.47. The van der Waals surface area contributed by atoms with Gasteiger partial charge in [0.15, 0.2) is 16.6 Å². The van der Waals surface area contributed by atoms with Gasteiger partial charge in [0.1, 0.15) is 6.04 Å². The minimum Gasteiger partial charge on any atom is -0.493 e. The highest BCUT2D eigenvalue weighted by Gasteiger charge is 2.44. The molecule has 7 heteroatoms. The molecule has 1 amide bonds. The fraction of sp³-hybridized carbons (Fsp3) is 0.556. The quantitative estimate of drug-likeness (QED) is 0.545. The number of hydrogen-bond acceptors (Lipinski definition) is 5. The largest absolute Gasteiger partial charge is 0.493 e. The monoisotopic (exact) mass is 364 g/mol. The fourth-order valence-electron chi connectivity index (χ4n) is 3.44. The maximum atomic E-state index is 12.8. The van der Waals surface area contributed by atoms with Gasteiger partial charge in [0, 0.05) is 32.7 Å². The SMILES string of the molecule is CCOCCCN1C(=O)C2Cc3cc(OC)c(OC)cc3CN2C1=S. The van der Waals surface area contributed by atoms with E-state index in [9.17, 15) is 4.79 Å². The van der Waals surface area contributed by atoms with Crippen LogP contribution in [0.5, 0.6) is 11.5 Å². The first-order chi connectivity index (χ1) is 12.1. The molecule has 0 bridgehead atoms. The standard InChI is InChI=1S/C18H24N2O4S/c1-4-24-7-5-6-19-17(21)14-8-12-9-15(22-2)16(23-3)10-13(12)11-20(14)18(19)25/h9-10,14H,4-8,11H2,1-3H3. The highest BCUT2D eigenvalue weighted by Crippen LogP contribution is 2.37. The average Bonchev–Trinajstić information content (AvgIpc) is 2.86. The van der Waals surface area contributed by atoms with Crippen molar-refractivity contribution < 1.29 is 19.0 Å². The topological polar surface area (TPSA) is 51.2 Å². The van der Waals surface area contributed by atoms with Crippen molar-refractivity contribution in [1.82, 2.24) is 9.80 Å². The third-order valence-electron chi connectivity index (χ3n) is 4.74. The van der Waals surface area contributed by atoms with Crippen molar-refractivity contribution in [2.24, 2.45) is 0 Å². The van der Waals surface area contributed by atoms with Crippen molar-refractivity contribution in [3.63, 3.8) is 0 Å². The van der Waals surface area contributed by atoms with Gasteiger partial charge in [-0.3, -0.25) is 9.69 Å². The summed E-state index contributed by atoms with van der Waals surface area (Å²) < 4.78 is 16.1. The van der Waals surface area contributed by atoms with Crippen LogP contribution in [0.3, 0.4) is 0 Å². The number of ether oxygens (including phenoxy) is 3. The summed E-state index contributed by atoms with van der Waals surface area (Å²) in [5, 5.41) is 0.618. The lowest BCUT2D eigenvalue weighted by molar-refractivity contribution is -0.128. The zero-order valence-electron chi connectivity index (χ0n) is 14.9. The van der Waals surface area contributed by atoms with Crippen LogP contribution in [0.4, 0.5) is 0 Å². The predicted molar refractivity (Wildman–Crippen MR) is 98.0 cm³/mol. The van der Waals surface area contributed by atoms with E-state index >= 15 is 0 Å². The Bertz CT molecular complexity index is 628. The summed E-state index contributed by atoms with van der Waals surface area (Å²) in [7, 11) is 3.25. The Morgan fingerprint density at radius 3 is 2.52 bits per heavy atom. The highest BCUT2D eigenvalue weighted by molar-refractivity contribution is 7.80. The van der Waals surface area contributed by atoms with Crippen LogP contribution in [-0.4, -0.2) is 60.8 Å². The molecular formula is C18H24N2O4S. The van der Waals surface area contributed by atoms with Gasteiger partial charge in [0.2, 0.25) is 0 Å². The number of methoxy groups -OCH3 is 2. The number of thiocarbonyl (C=S) groups is 1. The number of hydrogen-bond donors (Lipinski definition) is 0. The minimum atomic E-state index is -0.217. The van der Waals surface area contributed by atoms with Crippen LogP contribution >= 0.6 is 12.2 Å². The number of carbonyl (C=O) groups is 1. The van der Waals surface area contributed by atoms with Crippen LogP contribution in [0.2, 0.25) is 0 Å². The van der Waals surface area contributed by atoms with E-state index in [1.807, 2.05) is 24.0 Å². The van der Waals surface area contributed by atoms with Crippen molar-refractivity contribution in [3.8, 4) is 11.5 Å². The highest BCUT2D eigenvalue weighted by atomic mass is 32.1. The number of rotatable bonds is 7. The van der Waals surface area contributed by atoms with E-state index in [4.69, 9.17) is 26.4 Å². The predicted octanol–water partition coefficient (Wildman–Crippen LogP) is 1.98. The summed E-state index contributed by atoms with van der Waals surface area (Å²) in [6.45, 7) is 4.51. The number of benzene rings is 1. The number of amides is 1. The Balaban J connectivity index is 1.78. The van der Waals surface area contributed by atoms with Crippen LogP contribution in [0.25, 0.3) is 0 Å². The Morgan fingerprint density at radius 2 is 1.88 bits per heavy atom. The molecule has 3 rings (SSSR count). The molecule has 1 atom stereocenters. The van der Waals surface area contributed by atoms with E-state index < -0.39 is 0 Å². The summed E-state index contributed by atoms with van der Waals surface area (Å²) in [6, 6.07) is 3.74. The molecule has 1 aromatic carbocycles. The van der Waals surface area contributed by atoms with Crippen molar-refractivity contribution in [2.75, 3.05) is 34.0 Å². The Kier molecular flexibility index (Phi) is 5.44. The van der Waals surface area contributed by atoms with Gasteiger partial charge in [-0.2, -0.15) is 0 Å². The lowest BCUT2D eigenvalue weighted by atomic mass is 9.94. The van der Waals surface area contributed by atoms with Gasteiger partial charge < -0.3 is 19.1 Å². The van der Waals surface area contributed by atoms with E-state index in [1.165, 1.54) is 0 Å². The fourth-order valence-corrected chi connectivity index (χ4v) is 3.81. The van der Waals surface area contributed by atoms with Crippen LogP contribution in [0, 0.1) is 0 Å². The van der Waals surface area contributed by atoms with Gasteiger partial charge in [-0.1, -0.05) is 0 Å². The molecule has 6 nitrogen and oxygen atoms in total. The summed E-state index contributed by atoms with van der Waals surface area (Å²) >= 11 is 5.57. The third kappa shape index (κ3) is 3.30. The molecule has 1 saturated heterocycles. The van der Waals surface area contributed by atoms with E-state index in [0.717, 1.165) is 17.5 Å². The average molecular weight is 364 g/mol. The van der Waals surface area contributed by atoms with Gasteiger partial charge in [-0.05, 0) is 48.8 Å². The van der Waals surface area contributed by atoms with Crippen molar-refractivity contribution in [2.45, 2.75) is 32.4 Å². The van der Waals surface area contributed by atoms with Crippen LogP contribution < -0.4 is 9.47 Å². The molecule has 1 unspecified atom stereocenters. The molecule has 2 aliphatic rings. The lowest BCUT2D eigenvalue weighted by Gasteiger charge is -2.31. The maximum absolute atomic E-state index is 12.8. The summed E-state index contributed by atoms with van der Waals surface area (Å²) in [4.78, 5) is 16.5. The van der Waals surface area contributed by atoms with E-state index in [-0.39, 0.29) is 11.9 Å². The number of fused-ring (bicyclic) bond motifs is 2. The van der Waals surface area contributed by atoms with Gasteiger partial charge in [-0.15, -0.1) is 0 Å². The Morgan fingerprint density at radius 1 is 1.20 bits per heavy atom. The van der Waals surface area contributed by atoms with Crippen LogP contribution in [0.1, 0.15) is 24.5 Å². The maximum Gasteiger partial charge on any atom is 0.251 e. The zero-order chi connectivity index (χ0) is 18.0. The second kappa shape index (κ2) is 7.58. The van der Waals surface area contributed by atoms with Crippen LogP contribution in [0.15, 0.2) is 12.1 Å². The van der Waals surface area contributed by atoms with Crippen molar-refractivity contribution in [1.29, 1.82) is 0 Å². The molecule has 0 N–H and O–H groups in total. The third-order valence-corrected chi connectivity index (χ3v) is 5.19. The molecule has 0 spiro atoms. The van der Waals surface area contributed by atoms with Gasteiger partial charge in [-0.25, -0.2) is 0 Å². The summed E-state index contributed by atoms with van der Waals surface area (Å²) in [5.41, 5.74) is 2.24. The van der Waals surface area contributed by atoms with E-state index in [2.05, 4.69) is 0 Å². The first kappa shape index (κ1) is 17.9. The first-order valence-electron chi connectivity index (χ1n) is 8.54. The number of carbonyl (C=O) groups excluding carboxylic acids is 1.